The minimum Gasteiger partial charge on any atom is -0.0620 e. The highest BCUT2D eigenvalue weighted by Crippen LogP contribution is 2.77. The molecule has 0 nitrogen and oxygen atoms in total. The zero-order chi connectivity index (χ0) is 12.1. The minimum absolute atomic E-state index is 0.720. The maximum atomic E-state index is 2.64. The first-order valence-electron chi connectivity index (χ1n) is 8.62. The second kappa shape index (κ2) is 3.01. The van der Waals surface area contributed by atoms with Crippen LogP contribution in [0.2, 0.25) is 0 Å². The summed E-state index contributed by atoms with van der Waals surface area (Å²) in [6.07, 6.45) is 12.8. The third-order valence-corrected chi connectivity index (χ3v) is 8.81. The summed E-state index contributed by atoms with van der Waals surface area (Å²) in [4.78, 5) is 0. The van der Waals surface area contributed by atoms with Crippen LogP contribution in [0.1, 0.15) is 65.2 Å². The summed E-state index contributed by atoms with van der Waals surface area (Å²) < 4.78 is 0. The molecule has 0 amide bonds. The first-order valence-corrected chi connectivity index (χ1v) is 8.62. The Morgan fingerprint density at radius 1 is 0.944 bits per heavy atom. The van der Waals surface area contributed by atoms with Crippen LogP contribution in [0, 0.1) is 46.3 Å². The summed E-state index contributed by atoms with van der Waals surface area (Å²) in [6.45, 7) is 5.21. The molecule has 0 aromatic carbocycles. The van der Waals surface area contributed by atoms with Gasteiger partial charge in [-0.1, -0.05) is 13.8 Å². The Labute approximate surface area is 112 Å². The van der Waals surface area contributed by atoms with E-state index < -0.39 is 0 Å². The molecule has 18 heavy (non-hydrogen) atoms. The summed E-state index contributed by atoms with van der Waals surface area (Å²) in [5, 5.41) is 0. The van der Waals surface area contributed by atoms with Crippen LogP contribution in [0.5, 0.6) is 0 Å². The number of hydrogen-bond donors (Lipinski definition) is 0. The highest BCUT2D eigenvalue weighted by atomic mass is 14.7. The van der Waals surface area contributed by atoms with Crippen molar-refractivity contribution in [3.8, 4) is 0 Å². The molecule has 0 aromatic heterocycles. The van der Waals surface area contributed by atoms with Crippen molar-refractivity contribution in [2.45, 2.75) is 65.2 Å². The molecular formula is C18H28. The second-order valence-electron chi connectivity index (χ2n) is 9.14. The predicted octanol–water partition coefficient (Wildman–Crippen LogP) is 4.89. The van der Waals surface area contributed by atoms with Gasteiger partial charge in [-0.25, -0.2) is 0 Å². The quantitative estimate of drug-likeness (QED) is 0.616. The summed E-state index contributed by atoms with van der Waals surface area (Å²) >= 11 is 0. The highest BCUT2D eigenvalue weighted by Gasteiger charge is 2.68. The summed E-state index contributed by atoms with van der Waals surface area (Å²) in [6, 6.07) is 0. The average Bonchev–Trinajstić information content (AvgIpc) is 3.02. The Hall–Kier alpha value is 0. The van der Waals surface area contributed by atoms with Gasteiger partial charge in [0.05, 0.1) is 0 Å². The summed E-state index contributed by atoms with van der Waals surface area (Å²) in [5.74, 6) is 6.89. The Morgan fingerprint density at radius 2 is 1.83 bits per heavy atom. The van der Waals surface area contributed by atoms with E-state index in [1.807, 2.05) is 0 Å². The van der Waals surface area contributed by atoms with E-state index in [0.29, 0.717) is 0 Å². The number of hydrogen-bond acceptors (Lipinski definition) is 0. The maximum Gasteiger partial charge on any atom is -0.0235 e. The Balaban J connectivity index is 1.49. The van der Waals surface area contributed by atoms with Crippen molar-refractivity contribution in [3.05, 3.63) is 0 Å². The second-order valence-corrected chi connectivity index (χ2v) is 9.14. The Kier molecular flexibility index (Phi) is 1.80. The van der Waals surface area contributed by atoms with Gasteiger partial charge in [0.15, 0.2) is 0 Å². The fourth-order valence-electron chi connectivity index (χ4n) is 6.97. The molecule has 2 bridgehead atoms. The van der Waals surface area contributed by atoms with Crippen LogP contribution < -0.4 is 0 Å². The third kappa shape index (κ3) is 1.07. The van der Waals surface area contributed by atoms with Gasteiger partial charge in [0, 0.05) is 0 Å². The van der Waals surface area contributed by atoms with Crippen molar-refractivity contribution in [2.75, 3.05) is 0 Å². The molecule has 100 valence electrons. The van der Waals surface area contributed by atoms with E-state index >= 15 is 0 Å². The molecule has 0 saturated heterocycles. The molecule has 0 radical (unpaired) electrons. The van der Waals surface area contributed by atoms with Crippen LogP contribution in [0.4, 0.5) is 0 Å². The molecule has 0 aliphatic heterocycles. The predicted molar refractivity (Wildman–Crippen MR) is 74.1 cm³/mol. The van der Waals surface area contributed by atoms with Crippen molar-refractivity contribution in [1.82, 2.24) is 0 Å². The molecule has 6 rings (SSSR count). The SMILES string of the molecule is CC1CC2CC23CCC1(C)CC3C1CC2CCC21. The topological polar surface area (TPSA) is 0 Å². The lowest BCUT2D eigenvalue weighted by Crippen LogP contribution is -2.52. The number of fused-ring (bicyclic) bond motifs is 4. The van der Waals surface area contributed by atoms with Crippen molar-refractivity contribution >= 4 is 0 Å². The normalized spacial score (nSPS) is 68.3. The van der Waals surface area contributed by atoms with E-state index in [1.165, 1.54) is 17.8 Å². The van der Waals surface area contributed by atoms with Crippen LogP contribution in [0.3, 0.4) is 0 Å². The molecular weight excluding hydrogens is 216 g/mol. The zero-order valence-electron chi connectivity index (χ0n) is 12.1. The molecule has 6 aliphatic carbocycles. The van der Waals surface area contributed by atoms with Gasteiger partial charge < -0.3 is 0 Å². The van der Waals surface area contributed by atoms with Gasteiger partial charge in [0.25, 0.3) is 0 Å². The van der Waals surface area contributed by atoms with Gasteiger partial charge in [-0.2, -0.15) is 0 Å². The van der Waals surface area contributed by atoms with E-state index in [1.54, 1.807) is 51.4 Å². The summed E-state index contributed by atoms with van der Waals surface area (Å²) in [7, 11) is 0. The summed E-state index contributed by atoms with van der Waals surface area (Å²) in [5.41, 5.74) is 1.60. The molecule has 6 saturated carbocycles. The van der Waals surface area contributed by atoms with Gasteiger partial charge in [0.1, 0.15) is 0 Å². The van der Waals surface area contributed by atoms with E-state index in [4.69, 9.17) is 0 Å². The van der Waals surface area contributed by atoms with Crippen molar-refractivity contribution in [3.63, 3.8) is 0 Å². The van der Waals surface area contributed by atoms with E-state index in [9.17, 15) is 0 Å². The largest absolute Gasteiger partial charge is 0.0620 e. The molecule has 0 N–H and O–H groups in total. The van der Waals surface area contributed by atoms with Crippen LogP contribution >= 0.6 is 0 Å². The van der Waals surface area contributed by atoms with Crippen molar-refractivity contribution in [1.29, 1.82) is 0 Å². The highest BCUT2D eigenvalue weighted by molar-refractivity contribution is 5.18. The monoisotopic (exact) mass is 244 g/mol. The lowest BCUT2D eigenvalue weighted by atomic mass is 9.45. The number of rotatable bonds is 1. The standard InChI is InChI=1S/C18H28/c1-11-7-13-9-18(13)6-5-17(11,2)10-16(18)15-8-12-3-4-14(12)15/h11-16H,3-10H2,1-2H3. The van der Waals surface area contributed by atoms with Crippen molar-refractivity contribution < 1.29 is 0 Å². The van der Waals surface area contributed by atoms with E-state index in [2.05, 4.69) is 13.8 Å². The molecule has 8 atom stereocenters. The van der Waals surface area contributed by atoms with Crippen molar-refractivity contribution in [2.24, 2.45) is 46.3 Å². The Bertz CT molecular complexity index is 399. The van der Waals surface area contributed by atoms with Gasteiger partial charge >= 0.3 is 0 Å². The smallest absolute Gasteiger partial charge is 0.0235 e. The van der Waals surface area contributed by atoms with Crippen LogP contribution in [0.25, 0.3) is 0 Å². The fraction of sp³-hybridized carbons (Fsp3) is 1.00. The molecule has 0 heteroatoms. The van der Waals surface area contributed by atoms with Crippen LogP contribution in [0.15, 0.2) is 0 Å². The minimum atomic E-state index is 0.720. The molecule has 0 heterocycles. The molecule has 0 aromatic rings. The molecule has 6 aliphatic rings. The zero-order valence-corrected chi connectivity index (χ0v) is 12.1. The first-order chi connectivity index (χ1) is 8.62. The maximum absolute atomic E-state index is 2.64. The lowest BCUT2D eigenvalue weighted by Gasteiger charge is -2.60. The van der Waals surface area contributed by atoms with E-state index in [0.717, 1.165) is 28.6 Å². The van der Waals surface area contributed by atoms with Crippen LogP contribution in [-0.4, -0.2) is 0 Å². The first kappa shape index (κ1) is 10.7. The van der Waals surface area contributed by atoms with Gasteiger partial charge in [0.2, 0.25) is 0 Å². The Morgan fingerprint density at radius 3 is 2.50 bits per heavy atom. The molecule has 8 unspecified atom stereocenters. The van der Waals surface area contributed by atoms with E-state index in [-0.39, 0.29) is 0 Å². The van der Waals surface area contributed by atoms with Gasteiger partial charge in [-0.15, -0.1) is 0 Å². The van der Waals surface area contributed by atoms with Crippen LogP contribution in [-0.2, 0) is 0 Å². The fourth-order valence-corrected chi connectivity index (χ4v) is 6.97. The average molecular weight is 244 g/mol. The molecule has 1 spiro atoms. The molecule has 6 fully saturated rings. The lowest BCUT2D eigenvalue weighted by molar-refractivity contribution is -0.105. The van der Waals surface area contributed by atoms with Gasteiger partial charge in [-0.3, -0.25) is 0 Å². The van der Waals surface area contributed by atoms with Gasteiger partial charge in [-0.05, 0) is 97.7 Å². The third-order valence-electron chi connectivity index (χ3n) is 8.81.